The third-order valence-electron chi connectivity index (χ3n) is 3.11. The molecule has 6 nitrogen and oxygen atoms in total. The molecule has 0 saturated carbocycles. The number of ether oxygens (including phenoxy) is 2. The van der Waals surface area contributed by atoms with Crippen LogP contribution in [0.25, 0.3) is 0 Å². The second-order valence-corrected chi connectivity index (χ2v) is 5.96. The summed E-state index contributed by atoms with van der Waals surface area (Å²) in [4.78, 5) is 11.8. The van der Waals surface area contributed by atoms with Gasteiger partial charge in [0.25, 0.3) is 0 Å². The van der Waals surface area contributed by atoms with Gasteiger partial charge in [-0.2, -0.15) is 11.8 Å². The van der Waals surface area contributed by atoms with E-state index < -0.39 is 0 Å². The van der Waals surface area contributed by atoms with Crippen molar-refractivity contribution in [3.8, 4) is 11.5 Å². The lowest BCUT2D eigenvalue weighted by Gasteiger charge is -2.10. The molecule has 0 aliphatic heterocycles. The van der Waals surface area contributed by atoms with E-state index >= 15 is 0 Å². The van der Waals surface area contributed by atoms with Gasteiger partial charge < -0.3 is 19.3 Å². The molecule has 1 N–H and O–H groups in total. The van der Waals surface area contributed by atoms with Gasteiger partial charge in [-0.1, -0.05) is 5.16 Å². The maximum Gasteiger partial charge on any atom is 0.226 e. The summed E-state index contributed by atoms with van der Waals surface area (Å²) in [5.41, 5.74) is 1.05. The Balaban J connectivity index is 1.77. The van der Waals surface area contributed by atoms with Gasteiger partial charge in [-0.05, 0) is 25.1 Å². The SMILES string of the molecule is COc1ccc(OC)c(CSCCC(=O)Nc2cc(C)on2)c1. The van der Waals surface area contributed by atoms with Crippen molar-refractivity contribution in [2.45, 2.75) is 19.1 Å². The van der Waals surface area contributed by atoms with Gasteiger partial charge in [0.05, 0.1) is 14.2 Å². The number of amides is 1. The second-order valence-electron chi connectivity index (χ2n) is 4.85. The summed E-state index contributed by atoms with van der Waals surface area (Å²) in [6.07, 6.45) is 0.406. The Hall–Kier alpha value is -2.15. The van der Waals surface area contributed by atoms with E-state index in [1.165, 1.54) is 0 Å². The molecule has 0 spiro atoms. The molecule has 0 radical (unpaired) electrons. The predicted octanol–water partition coefficient (Wildman–Crippen LogP) is 3.26. The highest BCUT2D eigenvalue weighted by Crippen LogP contribution is 2.27. The van der Waals surface area contributed by atoms with Crippen LogP contribution in [0, 0.1) is 6.92 Å². The highest BCUT2D eigenvalue weighted by molar-refractivity contribution is 7.98. The molecule has 0 fully saturated rings. The smallest absolute Gasteiger partial charge is 0.226 e. The number of hydrogen-bond acceptors (Lipinski definition) is 6. The van der Waals surface area contributed by atoms with E-state index in [1.807, 2.05) is 18.2 Å². The molecule has 0 aliphatic carbocycles. The molecule has 23 heavy (non-hydrogen) atoms. The van der Waals surface area contributed by atoms with Crippen molar-refractivity contribution in [2.75, 3.05) is 25.3 Å². The summed E-state index contributed by atoms with van der Waals surface area (Å²) in [5.74, 6) is 4.09. The first-order chi connectivity index (χ1) is 11.1. The van der Waals surface area contributed by atoms with Gasteiger partial charge in [0.1, 0.15) is 17.3 Å². The number of benzene rings is 1. The van der Waals surface area contributed by atoms with Crippen LogP contribution in [0.4, 0.5) is 5.82 Å². The van der Waals surface area contributed by atoms with E-state index in [0.29, 0.717) is 23.8 Å². The molecule has 1 aromatic carbocycles. The highest BCUT2D eigenvalue weighted by atomic mass is 32.2. The zero-order valence-corrected chi connectivity index (χ0v) is 14.2. The maximum absolute atomic E-state index is 11.8. The Morgan fingerprint density at radius 1 is 1.30 bits per heavy atom. The Morgan fingerprint density at radius 3 is 2.78 bits per heavy atom. The van der Waals surface area contributed by atoms with Crippen LogP contribution in [0.15, 0.2) is 28.8 Å². The molecule has 7 heteroatoms. The monoisotopic (exact) mass is 336 g/mol. The molecule has 124 valence electrons. The molecular weight excluding hydrogens is 316 g/mol. The van der Waals surface area contributed by atoms with Crippen LogP contribution >= 0.6 is 11.8 Å². The van der Waals surface area contributed by atoms with Gasteiger partial charge in [-0.25, -0.2) is 0 Å². The summed E-state index contributed by atoms with van der Waals surface area (Å²) >= 11 is 1.66. The molecule has 2 rings (SSSR count). The number of nitrogens with one attached hydrogen (secondary N) is 1. The van der Waals surface area contributed by atoms with Crippen molar-refractivity contribution in [1.82, 2.24) is 5.16 Å². The maximum atomic E-state index is 11.8. The number of nitrogens with zero attached hydrogens (tertiary/aromatic N) is 1. The lowest BCUT2D eigenvalue weighted by molar-refractivity contribution is -0.115. The summed E-state index contributed by atoms with van der Waals surface area (Å²) in [6.45, 7) is 1.78. The summed E-state index contributed by atoms with van der Waals surface area (Å²) in [6, 6.07) is 7.38. The third kappa shape index (κ3) is 5.21. The molecular formula is C16H20N2O4S. The van der Waals surface area contributed by atoms with Crippen molar-refractivity contribution in [3.63, 3.8) is 0 Å². The standard InChI is InChI=1S/C16H20N2O4S/c1-11-8-15(18-22-11)17-16(19)6-7-23-10-12-9-13(20-2)4-5-14(12)21-3/h4-5,8-9H,6-7,10H2,1-3H3,(H,17,18,19). The number of anilines is 1. The van der Waals surface area contributed by atoms with E-state index in [9.17, 15) is 4.79 Å². The molecule has 0 bridgehead atoms. The Morgan fingerprint density at radius 2 is 2.13 bits per heavy atom. The minimum absolute atomic E-state index is 0.0802. The van der Waals surface area contributed by atoms with E-state index in [0.717, 1.165) is 22.8 Å². The predicted molar refractivity (Wildman–Crippen MR) is 90.2 cm³/mol. The van der Waals surface area contributed by atoms with E-state index in [-0.39, 0.29) is 5.91 Å². The van der Waals surface area contributed by atoms with Crippen LogP contribution in [0.3, 0.4) is 0 Å². The van der Waals surface area contributed by atoms with E-state index in [1.54, 1.807) is 39.0 Å². The van der Waals surface area contributed by atoms with Crippen molar-refractivity contribution >= 4 is 23.5 Å². The Bertz CT molecular complexity index is 657. The summed E-state index contributed by atoms with van der Waals surface area (Å²) in [5, 5.41) is 6.43. The van der Waals surface area contributed by atoms with Gasteiger partial charge in [-0.3, -0.25) is 4.79 Å². The first kappa shape index (κ1) is 17.2. The fourth-order valence-electron chi connectivity index (χ4n) is 1.97. The molecule has 1 aromatic heterocycles. The van der Waals surface area contributed by atoms with E-state index in [4.69, 9.17) is 14.0 Å². The largest absolute Gasteiger partial charge is 0.497 e. The Kier molecular flexibility index (Phi) is 6.34. The van der Waals surface area contributed by atoms with Gasteiger partial charge >= 0.3 is 0 Å². The Labute approximate surface area is 139 Å². The summed E-state index contributed by atoms with van der Waals surface area (Å²) < 4.78 is 15.5. The number of carbonyl (C=O) groups excluding carboxylic acids is 1. The number of aromatic nitrogens is 1. The number of rotatable bonds is 8. The fraction of sp³-hybridized carbons (Fsp3) is 0.375. The van der Waals surface area contributed by atoms with Crippen LogP contribution in [0.2, 0.25) is 0 Å². The molecule has 1 heterocycles. The number of hydrogen-bond donors (Lipinski definition) is 1. The van der Waals surface area contributed by atoms with Gasteiger partial charge in [0.15, 0.2) is 5.82 Å². The topological polar surface area (TPSA) is 73.6 Å². The third-order valence-corrected chi connectivity index (χ3v) is 4.12. The molecule has 2 aromatic rings. The van der Waals surface area contributed by atoms with Gasteiger partial charge in [-0.15, -0.1) is 0 Å². The molecule has 0 aliphatic rings. The minimum atomic E-state index is -0.0802. The summed E-state index contributed by atoms with van der Waals surface area (Å²) in [7, 11) is 3.28. The zero-order valence-electron chi connectivity index (χ0n) is 13.4. The lowest BCUT2D eigenvalue weighted by Crippen LogP contribution is -2.12. The van der Waals surface area contributed by atoms with Crippen LogP contribution in [-0.2, 0) is 10.5 Å². The van der Waals surface area contributed by atoms with Crippen molar-refractivity contribution < 1.29 is 18.8 Å². The first-order valence-electron chi connectivity index (χ1n) is 7.14. The van der Waals surface area contributed by atoms with Crippen LogP contribution in [0.1, 0.15) is 17.7 Å². The van der Waals surface area contributed by atoms with Crippen molar-refractivity contribution in [2.24, 2.45) is 0 Å². The lowest BCUT2D eigenvalue weighted by atomic mass is 10.2. The van der Waals surface area contributed by atoms with Crippen LogP contribution in [-0.4, -0.2) is 31.0 Å². The molecule has 0 unspecified atom stereocenters. The average Bonchev–Trinajstić information content (AvgIpc) is 2.96. The normalized spacial score (nSPS) is 10.4. The fourth-order valence-corrected chi connectivity index (χ4v) is 2.89. The van der Waals surface area contributed by atoms with Crippen LogP contribution in [0.5, 0.6) is 11.5 Å². The number of carbonyl (C=O) groups is 1. The van der Waals surface area contributed by atoms with E-state index in [2.05, 4.69) is 10.5 Å². The van der Waals surface area contributed by atoms with Crippen molar-refractivity contribution in [1.29, 1.82) is 0 Å². The minimum Gasteiger partial charge on any atom is -0.497 e. The molecule has 0 saturated heterocycles. The van der Waals surface area contributed by atoms with Gasteiger partial charge in [0, 0.05) is 29.6 Å². The quantitative estimate of drug-likeness (QED) is 0.746. The number of thioether (sulfide) groups is 1. The number of aryl methyl sites for hydroxylation is 1. The zero-order chi connectivity index (χ0) is 16.7. The number of methoxy groups -OCH3 is 2. The average molecular weight is 336 g/mol. The molecule has 1 amide bonds. The van der Waals surface area contributed by atoms with Crippen molar-refractivity contribution in [3.05, 3.63) is 35.6 Å². The van der Waals surface area contributed by atoms with Gasteiger partial charge in [0.2, 0.25) is 5.91 Å². The highest BCUT2D eigenvalue weighted by Gasteiger charge is 2.08. The second kappa shape index (κ2) is 8.47. The first-order valence-corrected chi connectivity index (χ1v) is 8.29. The van der Waals surface area contributed by atoms with Crippen LogP contribution < -0.4 is 14.8 Å². The molecule has 0 atom stereocenters.